The Morgan fingerprint density at radius 2 is 1.96 bits per heavy atom. The number of halogens is 1. The third-order valence-corrected chi connectivity index (χ3v) is 4.55. The lowest BCUT2D eigenvalue weighted by molar-refractivity contribution is -0.115. The van der Waals surface area contributed by atoms with Gasteiger partial charge in [-0.15, -0.1) is 0 Å². The van der Waals surface area contributed by atoms with Gasteiger partial charge in [0.1, 0.15) is 0 Å². The molecule has 1 fully saturated rings. The number of methoxy groups -OCH3 is 2. The predicted octanol–water partition coefficient (Wildman–Crippen LogP) is 4.25. The molecule has 0 bridgehead atoms. The fraction of sp³-hybridized carbons (Fsp3) is 0.111. The van der Waals surface area contributed by atoms with Gasteiger partial charge >= 0.3 is 0 Å². The highest BCUT2D eigenvalue weighted by Gasteiger charge is 2.24. The van der Waals surface area contributed by atoms with Gasteiger partial charge in [-0.05, 0) is 42.1 Å². The Kier molecular flexibility index (Phi) is 5.31. The maximum absolute atomic E-state index is 12.2. The normalized spacial score (nSPS) is 17.0. The summed E-state index contributed by atoms with van der Waals surface area (Å²) < 4.78 is 10.7. The van der Waals surface area contributed by atoms with Crippen LogP contribution in [0, 0.1) is 0 Å². The summed E-state index contributed by atoms with van der Waals surface area (Å²) in [5.74, 6) is 0.967. The molecule has 0 aromatic heterocycles. The zero-order chi connectivity index (χ0) is 17.8. The van der Waals surface area contributed by atoms with Crippen LogP contribution < -0.4 is 14.8 Å². The maximum Gasteiger partial charge on any atom is 0.264 e. The molecule has 0 saturated carbocycles. The monoisotopic (exact) mass is 374 g/mol. The van der Waals surface area contributed by atoms with Crippen LogP contribution in [-0.2, 0) is 4.79 Å². The van der Waals surface area contributed by atoms with Gasteiger partial charge in [0, 0.05) is 10.6 Å². The van der Waals surface area contributed by atoms with Gasteiger partial charge in [-0.25, -0.2) is 4.99 Å². The lowest BCUT2D eigenvalue weighted by Crippen LogP contribution is -2.19. The molecule has 128 valence electrons. The molecule has 1 aliphatic heterocycles. The van der Waals surface area contributed by atoms with Crippen molar-refractivity contribution in [3.05, 3.63) is 58.0 Å². The summed E-state index contributed by atoms with van der Waals surface area (Å²) in [6.45, 7) is 0. The van der Waals surface area contributed by atoms with Crippen LogP contribution in [0.1, 0.15) is 5.56 Å². The summed E-state index contributed by atoms with van der Waals surface area (Å²) in [5, 5.41) is 3.84. The Hall–Kier alpha value is -2.44. The third kappa shape index (κ3) is 3.97. The van der Waals surface area contributed by atoms with Crippen LogP contribution in [0.15, 0.2) is 52.4 Å². The zero-order valence-corrected chi connectivity index (χ0v) is 15.1. The summed E-state index contributed by atoms with van der Waals surface area (Å²) in [4.78, 5) is 17.1. The number of nitrogens with one attached hydrogen (secondary N) is 1. The number of rotatable bonds is 4. The molecule has 0 atom stereocenters. The van der Waals surface area contributed by atoms with E-state index in [-0.39, 0.29) is 5.91 Å². The van der Waals surface area contributed by atoms with Crippen molar-refractivity contribution in [2.75, 3.05) is 14.2 Å². The Balaban J connectivity index is 1.90. The first kappa shape index (κ1) is 17.4. The number of thioether (sulfide) groups is 1. The molecule has 2 aromatic carbocycles. The smallest absolute Gasteiger partial charge is 0.264 e. The minimum Gasteiger partial charge on any atom is -0.493 e. The van der Waals surface area contributed by atoms with Crippen molar-refractivity contribution >= 4 is 46.2 Å². The molecular weight excluding hydrogens is 360 g/mol. The Morgan fingerprint density at radius 1 is 1.16 bits per heavy atom. The van der Waals surface area contributed by atoms with Gasteiger partial charge in [0.05, 0.1) is 24.8 Å². The first-order valence-electron chi connectivity index (χ1n) is 7.37. The summed E-state index contributed by atoms with van der Waals surface area (Å²) in [7, 11) is 3.13. The quantitative estimate of drug-likeness (QED) is 0.813. The predicted molar refractivity (Wildman–Crippen MR) is 102 cm³/mol. The fourth-order valence-corrected chi connectivity index (χ4v) is 3.33. The van der Waals surface area contributed by atoms with Gasteiger partial charge in [-0.2, -0.15) is 0 Å². The number of carbonyl (C=O) groups is 1. The van der Waals surface area contributed by atoms with E-state index in [0.29, 0.717) is 32.3 Å². The lowest BCUT2D eigenvalue weighted by Gasteiger charge is -2.10. The van der Waals surface area contributed by atoms with Crippen molar-refractivity contribution in [2.24, 2.45) is 4.99 Å². The van der Waals surface area contributed by atoms with Crippen molar-refractivity contribution in [2.45, 2.75) is 0 Å². The van der Waals surface area contributed by atoms with Crippen LogP contribution in [0.25, 0.3) is 6.08 Å². The maximum atomic E-state index is 12.2. The van der Waals surface area contributed by atoms with Crippen LogP contribution in [0.5, 0.6) is 11.5 Å². The average molecular weight is 375 g/mol. The summed E-state index contributed by atoms with van der Waals surface area (Å²) in [6, 6.07) is 12.6. The molecular formula is C18H15ClN2O3S. The molecule has 5 nitrogen and oxygen atoms in total. The summed E-state index contributed by atoms with van der Waals surface area (Å²) in [5.41, 5.74) is 1.43. The number of nitrogens with zero attached hydrogens (tertiary/aromatic N) is 1. The first-order valence-corrected chi connectivity index (χ1v) is 8.56. The van der Waals surface area contributed by atoms with E-state index < -0.39 is 0 Å². The number of para-hydroxylation sites is 1. The number of ether oxygens (including phenoxy) is 2. The average Bonchev–Trinajstić information content (AvgIpc) is 2.93. The van der Waals surface area contributed by atoms with Crippen LogP contribution >= 0.6 is 23.4 Å². The number of amidine groups is 1. The van der Waals surface area contributed by atoms with Gasteiger partial charge in [-0.3, -0.25) is 4.79 Å². The minimum absolute atomic E-state index is 0.212. The molecule has 7 heteroatoms. The molecule has 1 aliphatic rings. The van der Waals surface area contributed by atoms with E-state index in [2.05, 4.69) is 10.3 Å². The van der Waals surface area contributed by atoms with E-state index in [4.69, 9.17) is 21.1 Å². The second-order valence-corrected chi connectivity index (χ2v) is 6.51. The highest BCUT2D eigenvalue weighted by molar-refractivity contribution is 8.18. The molecule has 1 amide bonds. The highest BCUT2D eigenvalue weighted by Crippen LogP contribution is 2.35. The minimum atomic E-state index is -0.212. The molecule has 1 N–H and O–H groups in total. The van der Waals surface area contributed by atoms with Crippen LogP contribution in [0.3, 0.4) is 0 Å². The lowest BCUT2D eigenvalue weighted by atomic mass is 10.1. The number of amides is 1. The molecule has 0 radical (unpaired) electrons. The third-order valence-electron chi connectivity index (χ3n) is 3.41. The zero-order valence-electron chi connectivity index (χ0n) is 13.6. The second kappa shape index (κ2) is 7.63. The highest BCUT2D eigenvalue weighted by atomic mass is 35.5. The van der Waals surface area contributed by atoms with E-state index in [1.807, 2.05) is 18.2 Å². The van der Waals surface area contributed by atoms with Crippen LogP contribution in [-0.4, -0.2) is 25.3 Å². The van der Waals surface area contributed by atoms with Gasteiger partial charge in [0.25, 0.3) is 5.91 Å². The van der Waals surface area contributed by atoms with Gasteiger partial charge < -0.3 is 14.8 Å². The summed E-state index contributed by atoms with van der Waals surface area (Å²) >= 11 is 7.21. The number of benzene rings is 2. The van der Waals surface area contributed by atoms with Gasteiger partial charge in [0.2, 0.25) is 0 Å². The fourth-order valence-electron chi connectivity index (χ4n) is 2.31. The first-order chi connectivity index (χ1) is 12.1. The van der Waals surface area contributed by atoms with E-state index >= 15 is 0 Å². The largest absolute Gasteiger partial charge is 0.493 e. The van der Waals surface area contributed by atoms with E-state index in [1.54, 1.807) is 44.6 Å². The Morgan fingerprint density at radius 3 is 2.68 bits per heavy atom. The molecule has 2 aromatic rings. The van der Waals surface area contributed by atoms with Crippen LogP contribution in [0.4, 0.5) is 5.69 Å². The van der Waals surface area contributed by atoms with Crippen molar-refractivity contribution in [1.82, 2.24) is 5.32 Å². The molecule has 0 unspecified atom stereocenters. The molecule has 25 heavy (non-hydrogen) atoms. The molecule has 1 saturated heterocycles. The Bertz CT molecular complexity index is 880. The SMILES string of the molecule is COc1cccc(C=C2SC(=Nc3cccc(Cl)c3)NC2=O)c1OC. The van der Waals surface area contributed by atoms with E-state index in [0.717, 1.165) is 5.56 Å². The van der Waals surface area contributed by atoms with E-state index in [9.17, 15) is 4.79 Å². The number of hydrogen-bond acceptors (Lipinski definition) is 5. The standard InChI is InChI=1S/C18H15ClN2O3S/c1-23-14-8-3-5-11(16(14)24-2)9-15-17(22)21-18(25-15)20-13-7-4-6-12(19)10-13/h3-10H,1-2H3,(H,20,21,22). The van der Waals surface area contributed by atoms with Gasteiger partial charge in [-0.1, -0.05) is 29.8 Å². The van der Waals surface area contributed by atoms with Crippen molar-refractivity contribution in [3.8, 4) is 11.5 Å². The molecule has 0 spiro atoms. The molecule has 1 heterocycles. The van der Waals surface area contributed by atoms with Crippen molar-refractivity contribution in [3.63, 3.8) is 0 Å². The second-order valence-electron chi connectivity index (χ2n) is 5.04. The number of carbonyl (C=O) groups excluding carboxylic acids is 1. The van der Waals surface area contributed by atoms with Crippen LogP contribution in [0.2, 0.25) is 5.02 Å². The molecule has 0 aliphatic carbocycles. The number of hydrogen-bond donors (Lipinski definition) is 1. The number of aliphatic imine (C=N–C) groups is 1. The van der Waals surface area contributed by atoms with Gasteiger partial charge in [0.15, 0.2) is 16.7 Å². The van der Waals surface area contributed by atoms with Crippen molar-refractivity contribution < 1.29 is 14.3 Å². The topological polar surface area (TPSA) is 59.9 Å². The van der Waals surface area contributed by atoms with E-state index in [1.165, 1.54) is 11.8 Å². The Labute approximate surface area is 154 Å². The van der Waals surface area contributed by atoms with Crippen molar-refractivity contribution in [1.29, 1.82) is 0 Å². The summed E-state index contributed by atoms with van der Waals surface area (Å²) in [6.07, 6.45) is 1.75. The molecule has 3 rings (SSSR count).